The van der Waals surface area contributed by atoms with E-state index in [9.17, 15) is 28.3 Å². The van der Waals surface area contributed by atoms with Crippen LogP contribution in [0, 0.1) is 5.41 Å². The van der Waals surface area contributed by atoms with E-state index in [1.807, 2.05) is 26.0 Å². The highest BCUT2D eigenvalue weighted by Gasteiger charge is 2.44. The van der Waals surface area contributed by atoms with Crippen molar-refractivity contribution in [2.24, 2.45) is 5.41 Å². The van der Waals surface area contributed by atoms with Gasteiger partial charge in [-0.05, 0) is 53.7 Å². The van der Waals surface area contributed by atoms with Gasteiger partial charge in [0, 0.05) is 33.0 Å². The highest BCUT2D eigenvalue weighted by atomic mass is 31.1. The number of hydrogen-bond donors (Lipinski definition) is 3. The molecule has 2 heterocycles. The number of aliphatic hydroxyl groups excluding tert-OH is 1. The van der Waals surface area contributed by atoms with E-state index in [0.717, 1.165) is 35.1 Å². The first-order valence-corrected chi connectivity index (χ1v) is 37.5. The maximum absolute atomic E-state index is 11.1. The van der Waals surface area contributed by atoms with Crippen LogP contribution in [-0.2, 0) is 127 Å². The molecule has 0 amide bonds. The lowest BCUT2D eigenvalue weighted by molar-refractivity contribution is -0.891. The lowest BCUT2D eigenvalue weighted by atomic mass is 9.91. The van der Waals surface area contributed by atoms with Crippen LogP contribution < -0.4 is 0 Å². The molecule has 4 unspecified atom stereocenters. The summed E-state index contributed by atoms with van der Waals surface area (Å²) in [5.74, 6) is -1.31. The van der Waals surface area contributed by atoms with Gasteiger partial charge in [0.25, 0.3) is 0 Å². The zero-order valence-corrected chi connectivity index (χ0v) is 69.6. The van der Waals surface area contributed by atoms with Crippen molar-refractivity contribution in [2.75, 3.05) is 227 Å². The fraction of sp³-hybridized carbons (Fsp3) is 0.632. The van der Waals surface area contributed by atoms with E-state index >= 15 is 0 Å². The van der Waals surface area contributed by atoms with Crippen LogP contribution in [0.15, 0.2) is 150 Å². The lowest BCUT2D eigenvalue weighted by Gasteiger charge is -2.45. The largest absolute Gasteiger partial charge is 0.694 e. The predicted molar refractivity (Wildman–Crippen MR) is 420 cm³/mol. The fourth-order valence-electron chi connectivity index (χ4n) is 7.31. The van der Waals surface area contributed by atoms with Gasteiger partial charge in [-0.25, -0.2) is 19.2 Å². The number of methoxy groups -OCH3 is 1. The Labute approximate surface area is 661 Å². The molecule has 111 heavy (non-hydrogen) atoms. The summed E-state index contributed by atoms with van der Waals surface area (Å²) < 4.78 is 135. The van der Waals surface area contributed by atoms with Gasteiger partial charge in [-0.3, -0.25) is 0 Å². The maximum atomic E-state index is 11.1. The zero-order valence-electron chi connectivity index (χ0n) is 67.8. The van der Waals surface area contributed by atoms with Crippen LogP contribution in [0.4, 0.5) is 4.79 Å². The van der Waals surface area contributed by atoms with Crippen LogP contribution in [0.3, 0.4) is 0 Å². The number of carbonyl (C=O) groups excluding carboxylic acids is 4. The first kappa shape index (κ1) is 113. The molecule has 2 fully saturated rings. The van der Waals surface area contributed by atoms with Gasteiger partial charge >= 0.3 is 40.6 Å². The summed E-state index contributed by atoms with van der Waals surface area (Å²) in [4.78, 5) is 59.4. The van der Waals surface area contributed by atoms with Crippen molar-refractivity contribution >= 4 is 40.6 Å². The molecular formula is C76H134N2O31P2+4. The molecule has 35 heteroatoms. The van der Waals surface area contributed by atoms with Crippen molar-refractivity contribution in [3.05, 3.63) is 150 Å². The lowest BCUT2D eigenvalue weighted by Crippen LogP contribution is -2.57. The monoisotopic (exact) mass is 1630 g/mol. The highest BCUT2D eigenvalue weighted by molar-refractivity contribution is 7.32. The molecule has 4 atom stereocenters. The van der Waals surface area contributed by atoms with E-state index in [0.29, 0.717) is 123 Å². The first-order valence-electron chi connectivity index (χ1n) is 35.3. The van der Waals surface area contributed by atoms with E-state index in [1.165, 1.54) is 19.1 Å². The number of esters is 3. The summed E-state index contributed by atoms with van der Waals surface area (Å²) in [5.41, 5.74) is 0.883. The quantitative estimate of drug-likeness (QED) is 0.00747. The van der Waals surface area contributed by atoms with Gasteiger partial charge < -0.3 is 109 Å². The topological polar surface area (TPSA) is 366 Å². The molecule has 2 saturated heterocycles. The third-order valence-corrected chi connectivity index (χ3v) is 13.3. The molecule has 0 bridgehead atoms. The highest BCUT2D eigenvalue weighted by Crippen LogP contribution is 2.31. The van der Waals surface area contributed by atoms with Crippen LogP contribution >= 0.6 is 16.5 Å². The summed E-state index contributed by atoms with van der Waals surface area (Å²) in [6.07, 6.45) is 11.4. The summed E-state index contributed by atoms with van der Waals surface area (Å²) in [6.45, 7) is 64.6. The average Bonchev–Trinajstić information content (AvgIpc) is 0.804. The summed E-state index contributed by atoms with van der Waals surface area (Å²) in [5, 5.41) is 9.00. The third kappa shape index (κ3) is 77.6. The van der Waals surface area contributed by atoms with Gasteiger partial charge in [-0.2, -0.15) is 0 Å². The van der Waals surface area contributed by atoms with Crippen molar-refractivity contribution in [3.63, 3.8) is 0 Å². The molecule has 0 aromatic carbocycles. The summed E-state index contributed by atoms with van der Waals surface area (Å²) in [7, 11) is 4.99. The SMILES string of the molecule is C=C(C)C(=O)OCCOC(C)C.C=C(C)C(=O)OCCOC(C)OCCOCCOCCOC.C=C(C)C(=O)OCCO[P+](=O)O.C=CCOC(=O)OCC=C.C=CCOC(OCC=C)C(OCC=C)OCC=C.C=CCOCC(O)CO[P+](=O)O.C=CC[N+](C)(C)CC1OCC2(CO1)COC(C[N+](C)(C)CC=C)OC2. The zero-order chi connectivity index (χ0) is 85.2. The second-order valence-corrected chi connectivity index (χ2v) is 26.2. The van der Waals surface area contributed by atoms with Gasteiger partial charge in [0.15, 0.2) is 6.29 Å². The van der Waals surface area contributed by atoms with Crippen molar-refractivity contribution in [1.82, 2.24) is 0 Å². The number of carbonyl (C=O) groups is 4. The van der Waals surface area contributed by atoms with Crippen molar-refractivity contribution in [3.8, 4) is 0 Å². The van der Waals surface area contributed by atoms with Crippen LogP contribution in [0.1, 0.15) is 41.5 Å². The van der Waals surface area contributed by atoms with E-state index < -0.39 is 53.3 Å². The fourth-order valence-corrected chi connectivity index (χ4v) is 7.84. The van der Waals surface area contributed by atoms with Crippen LogP contribution in [0.5, 0.6) is 0 Å². The molecule has 0 radical (unpaired) electrons. The molecule has 0 aromatic heterocycles. The van der Waals surface area contributed by atoms with E-state index in [4.69, 9.17) is 95.4 Å². The van der Waals surface area contributed by atoms with Crippen LogP contribution in [0.2, 0.25) is 0 Å². The molecule has 3 N–H and O–H groups in total. The second kappa shape index (κ2) is 76.5. The Hall–Kier alpha value is -6.12. The Morgan fingerprint density at radius 1 is 0.441 bits per heavy atom. The Morgan fingerprint density at radius 2 is 0.775 bits per heavy atom. The normalized spacial score (nSPS) is 15.6. The molecule has 0 aliphatic carbocycles. The number of quaternary nitrogens is 2. The van der Waals surface area contributed by atoms with Crippen LogP contribution in [-0.4, -0.2) is 318 Å². The standard InChI is InChI=1S/C19H36N2O4.C15H28O7.C14H22O4.C9H16O3.C7H10O3.C6H9O5P.C6H11O5P/c1-7-9-20(3,4)11-17-22-13-19(14-23-17)15-24-18(25-16-19)12-21(5,6)10-8-2;1-13(2)15(16)22-12-11-21-14(3)20-10-9-19-8-7-18-6-5-17-4;1-5-9-15-13(16-10-6-2)14(17-11-7-3)18-12-8-4;1-7(2)9(10)12-6-5-11-8(3)4;1-3-5-9-7(8)10-6-4-2;1-5(2)6(7)10-3-4-11-12(8)9;1-2-3-10-4-6(7)5-11-12(8)9/h7-8,17-18H,1-2,9-16H2,3-6H3;14H,1,5-12H2,2-4H3;5-8,13-14H,1-4,9-12H2;8H,1,5-6H2,2-4H3;3-4H,1-2,5-6H2;1,3-4H2,2H3;2,6-7H,1,3-5H2/q+2;;;;;;/p+2. The molecule has 2 aliphatic rings. The van der Waals surface area contributed by atoms with Crippen LogP contribution in [0.25, 0.3) is 0 Å². The molecule has 2 rings (SSSR count). The van der Waals surface area contributed by atoms with Crippen molar-refractivity contribution in [1.29, 1.82) is 0 Å². The summed E-state index contributed by atoms with van der Waals surface area (Å²) >= 11 is 0. The number of hydrogen-bond acceptors (Lipinski definition) is 29. The van der Waals surface area contributed by atoms with E-state index in [2.05, 4.69) is 130 Å². The Morgan fingerprint density at radius 3 is 1.10 bits per heavy atom. The third-order valence-electron chi connectivity index (χ3n) is 12.5. The van der Waals surface area contributed by atoms with Gasteiger partial charge in [0.05, 0.1) is 172 Å². The molecule has 640 valence electrons. The first-order chi connectivity index (χ1) is 52.6. The van der Waals surface area contributed by atoms with Gasteiger partial charge in [-0.1, -0.05) is 88.6 Å². The number of nitrogens with zero attached hydrogens (tertiary/aromatic N) is 2. The summed E-state index contributed by atoms with van der Waals surface area (Å²) in [6, 6.07) is 0. The molecule has 2 aliphatic heterocycles. The maximum Gasteiger partial charge on any atom is 0.694 e. The molecule has 0 aromatic rings. The minimum atomic E-state index is -2.64. The predicted octanol–water partition coefficient (Wildman–Crippen LogP) is 8.89. The van der Waals surface area contributed by atoms with Gasteiger partial charge in [-0.15, -0.1) is 51.7 Å². The van der Waals surface area contributed by atoms with E-state index in [1.54, 1.807) is 58.3 Å². The molecule has 0 saturated carbocycles. The minimum Gasteiger partial charge on any atom is -0.460 e. The van der Waals surface area contributed by atoms with Crippen molar-refractivity contribution in [2.45, 2.75) is 85.2 Å². The minimum absolute atomic E-state index is 0.0483. The van der Waals surface area contributed by atoms with Gasteiger partial charge in [0.1, 0.15) is 65.4 Å². The molecule has 1 spiro atoms. The number of ether oxygens (including phenoxy) is 20. The average molecular weight is 1630 g/mol. The molecular weight excluding hydrogens is 1500 g/mol. The second-order valence-electron chi connectivity index (χ2n) is 24.7. The Bertz CT molecular complexity index is 2470. The smallest absolute Gasteiger partial charge is 0.460 e. The number of aliphatic hydroxyl groups is 1. The molecule has 33 nitrogen and oxygen atoms in total. The Balaban J connectivity index is -0.000000404. The van der Waals surface area contributed by atoms with Gasteiger partial charge in [0.2, 0.25) is 25.2 Å². The number of rotatable bonds is 57. The Kier molecular flexibility index (Phi) is 78.2. The van der Waals surface area contributed by atoms with E-state index in [-0.39, 0.29) is 94.8 Å². The van der Waals surface area contributed by atoms with Crippen molar-refractivity contribution < 1.29 is 156 Å². The number of likely N-dealkylation sites (N-methyl/N-ethyl adjacent to an activating group) is 2.